The van der Waals surface area contributed by atoms with Crippen LogP contribution >= 0.6 is 11.8 Å². The van der Waals surface area contributed by atoms with E-state index >= 15 is 0 Å². The SMILES string of the molecule is C=CC1=CN2C(=O)C(N)[C@H]2SC1. The van der Waals surface area contributed by atoms with Crippen molar-refractivity contribution in [2.75, 3.05) is 5.75 Å². The third-order valence-corrected chi connectivity index (χ3v) is 3.47. The molecule has 2 rings (SSSR count). The molecule has 0 aromatic heterocycles. The zero-order chi connectivity index (χ0) is 8.72. The Balaban J connectivity index is 2.20. The molecule has 0 aromatic rings. The molecule has 1 fully saturated rings. The van der Waals surface area contributed by atoms with Gasteiger partial charge in [0.15, 0.2) is 0 Å². The van der Waals surface area contributed by atoms with Crippen LogP contribution in [0.2, 0.25) is 0 Å². The molecule has 0 bridgehead atoms. The molecule has 1 amide bonds. The van der Waals surface area contributed by atoms with E-state index in [0.29, 0.717) is 0 Å². The Bertz CT molecular complexity index is 274. The van der Waals surface area contributed by atoms with Crippen LogP contribution < -0.4 is 5.73 Å². The first kappa shape index (κ1) is 7.89. The van der Waals surface area contributed by atoms with Crippen LogP contribution in [0.5, 0.6) is 0 Å². The summed E-state index contributed by atoms with van der Waals surface area (Å²) in [7, 11) is 0. The van der Waals surface area contributed by atoms with Crippen molar-refractivity contribution in [3.63, 3.8) is 0 Å². The van der Waals surface area contributed by atoms with E-state index in [2.05, 4.69) is 6.58 Å². The summed E-state index contributed by atoms with van der Waals surface area (Å²) < 4.78 is 0. The van der Waals surface area contributed by atoms with E-state index in [1.165, 1.54) is 0 Å². The second kappa shape index (κ2) is 2.64. The first-order valence-corrected chi connectivity index (χ1v) is 4.81. The number of fused-ring (bicyclic) bond motifs is 1. The van der Waals surface area contributed by atoms with Gasteiger partial charge < -0.3 is 10.6 Å². The van der Waals surface area contributed by atoms with Gasteiger partial charge in [-0.2, -0.15) is 0 Å². The molecule has 2 atom stereocenters. The fourth-order valence-electron chi connectivity index (χ4n) is 1.34. The van der Waals surface area contributed by atoms with E-state index in [-0.39, 0.29) is 17.3 Å². The molecule has 1 saturated heterocycles. The minimum absolute atomic E-state index is 0.0200. The van der Waals surface area contributed by atoms with Gasteiger partial charge in [-0.05, 0) is 5.57 Å². The van der Waals surface area contributed by atoms with Crippen molar-refractivity contribution in [3.8, 4) is 0 Å². The highest BCUT2D eigenvalue weighted by Gasteiger charge is 2.45. The second-order valence-electron chi connectivity index (χ2n) is 2.88. The predicted molar refractivity (Wildman–Crippen MR) is 49.3 cm³/mol. The number of hydrogen-bond acceptors (Lipinski definition) is 3. The molecule has 1 unspecified atom stereocenters. The van der Waals surface area contributed by atoms with Crippen LogP contribution in [0.3, 0.4) is 0 Å². The number of hydrogen-bond donors (Lipinski definition) is 1. The quantitative estimate of drug-likeness (QED) is 0.593. The lowest BCUT2D eigenvalue weighted by Crippen LogP contribution is -2.65. The highest BCUT2D eigenvalue weighted by atomic mass is 32.2. The molecular formula is C8H10N2OS. The number of amides is 1. The number of allylic oxidation sites excluding steroid dienone is 1. The maximum absolute atomic E-state index is 11.2. The van der Waals surface area contributed by atoms with Gasteiger partial charge >= 0.3 is 0 Å². The van der Waals surface area contributed by atoms with Gasteiger partial charge in [-0.1, -0.05) is 12.7 Å². The third kappa shape index (κ3) is 0.916. The van der Waals surface area contributed by atoms with E-state index in [9.17, 15) is 4.79 Å². The number of β-lactam (4-membered cyclic amide) rings is 1. The molecule has 0 saturated carbocycles. The number of carbonyl (C=O) groups excluding carboxylic acids is 1. The number of rotatable bonds is 1. The van der Waals surface area contributed by atoms with Crippen LogP contribution in [0.4, 0.5) is 0 Å². The van der Waals surface area contributed by atoms with Gasteiger partial charge in [0.1, 0.15) is 11.4 Å². The molecular weight excluding hydrogens is 172 g/mol. The maximum Gasteiger partial charge on any atom is 0.247 e. The smallest absolute Gasteiger partial charge is 0.247 e. The van der Waals surface area contributed by atoms with Gasteiger partial charge in [-0.15, -0.1) is 11.8 Å². The Morgan fingerprint density at radius 1 is 1.83 bits per heavy atom. The van der Waals surface area contributed by atoms with Crippen LogP contribution in [0.25, 0.3) is 0 Å². The average molecular weight is 182 g/mol. The average Bonchev–Trinajstić information content (AvgIpc) is 2.15. The molecule has 0 aromatic carbocycles. The van der Waals surface area contributed by atoms with Crippen molar-refractivity contribution in [2.24, 2.45) is 5.73 Å². The highest BCUT2D eigenvalue weighted by Crippen LogP contribution is 2.34. The number of nitrogens with two attached hydrogens (primary N) is 1. The summed E-state index contributed by atoms with van der Waals surface area (Å²) in [6, 6.07) is -0.294. The summed E-state index contributed by atoms with van der Waals surface area (Å²) in [4.78, 5) is 12.9. The summed E-state index contributed by atoms with van der Waals surface area (Å²) in [5, 5.41) is 0.168. The van der Waals surface area contributed by atoms with Gasteiger partial charge in [-0.25, -0.2) is 0 Å². The lowest BCUT2D eigenvalue weighted by atomic mass is 10.1. The molecule has 64 valence electrons. The molecule has 12 heavy (non-hydrogen) atoms. The number of nitrogens with zero attached hydrogens (tertiary/aromatic N) is 1. The van der Waals surface area contributed by atoms with Crippen LogP contribution in [-0.2, 0) is 4.79 Å². The second-order valence-corrected chi connectivity index (χ2v) is 3.99. The molecule has 0 aliphatic carbocycles. The Morgan fingerprint density at radius 3 is 3.25 bits per heavy atom. The summed E-state index contributed by atoms with van der Waals surface area (Å²) in [6.45, 7) is 3.66. The fourth-order valence-corrected chi connectivity index (χ4v) is 2.55. The number of carbonyl (C=O) groups is 1. The summed E-state index contributed by atoms with van der Waals surface area (Å²) >= 11 is 1.70. The lowest BCUT2D eigenvalue weighted by molar-refractivity contribution is -0.140. The minimum Gasteiger partial charge on any atom is -0.317 e. The standard InChI is InChI=1S/C8H10N2OS/c1-2-5-3-10-7(11)6(9)8(10)12-4-5/h2-3,6,8H,1,4,9H2/t6?,8-/m1/s1. The molecule has 3 nitrogen and oxygen atoms in total. The Morgan fingerprint density at radius 2 is 2.58 bits per heavy atom. The Kier molecular flexibility index (Phi) is 1.73. The van der Waals surface area contributed by atoms with Crippen LogP contribution in [0, 0.1) is 0 Å². The fraction of sp³-hybridized carbons (Fsp3) is 0.375. The maximum atomic E-state index is 11.2. The van der Waals surface area contributed by atoms with Crippen LogP contribution in [0.1, 0.15) is 0 Å². The minimum atomic E-state index is -0.294. The van der Waals surface area contributed by atoms with Crippen molar-refractivity contribution in [2.45, 2.75) is 11.4 Å². The van der Waals surface area contributed by atoms with Gasteiger partial charge in [0.25, 0.3) is 0 Å². The molecule has 0 spiro atoms. The highest BCUT2D eigenvalue weighted by molar-refractivity contribution is 8.00. The lowest BCUT2D eigenvalue weighted by Gasteiger charge is -2.45. The molecule has 2 heterocycles. The summed E-state index contributed by atoms with van der Waals surface area (Å²) in [6.07, 6.45) is 3.63. The molecule has 2 aliphatic heterocycles. The topological polar surface area (TPSA) is 46.3 Å². The first-order chi connectivity index (χ1) is 5.74. The number of thioether (sulfide) groups is 1. The molecule has 4 heteroatoms. The largest absolute Gasteiger partial charge is 0.317 e. The van der Waals surface area contributed by atoms with E-state index in [4.69, 9.17) is 5.73 Å². The molecule has 0 radical (unpaired) electrons. The van der Waals surface area contributed by atoms with E-state index < -0.39 is 0 Å². The van der Waals surface area contributed by atoms with Crippen molar-refractivity contribution in [3.05, 3.63) is 24.4 Å². The van der Waals surface area contributed by atoms with Crippen molar-refractivity contribution < 1.29 is 4.79 Å². The zero-order valence-electron chi connectivity index (χ0n) is 6.56. The van der Waals surface area contributed by atoms with Gasteiger partial charge in [0.05, 0.1) is 0 Å². The van der Waals surface area contributed by atoms with Crippen LogP contribution in [-0.4, -0.2) is 28.0 Å². The summed E-state index contributed by atoms with van der Waals surface area (Å²) in [5.41, 5.74) is 6.69. The molecule has 2 N–H and O–H groups in total. The van der Waals surface area contributed by atoms with E-state index in [1.54, 1.807) is 22.7 Å². The van der Waals surface area contributed by atoms with Crippen molar-refractivity contribution in [1.29, 1.82) is 0 Å². The Hall–Kier alpha value is -0.740. The van der Waals surface area contributed by atoms with E-state index in [0.717, 1.165) is 11.3 Å². The first-order valence-electron chi connectivity index (χ1n) is 3.76. The zero-order valence-corrected chi connectivity index (χ0v) is 7.38. The van der Waals surface area contributed by atoms with Gasteiger partial charge in [0, 0.05) is 12.0 Å². The van der Waals surface area contributed by atoms with E-state index in [1.807, 2.05) is 6.20 Å². The third-order valence-electron chi connectivity index (χ3n) is 2.11. The predicted octanol–water partition coefficient (Wildman–Crippen LogP) is 0.299. The molecule has 2 aliphatic rings. The normalized spacial score (nSPS) is 33.6. The van der Waals surface area contributed by atoms with Crippen LogP contribution in [0.15, 0.2) is 24.4 Å². The van der Waals surface area contributed by atoms with Crippen molar-refractivity contribution >= 4 is 17.7 Å². The summed E-state index contributed by atoms with van der Waals surface area (Å²) in [5.74, 6) is 0.928. The monoisotopic (exact) mass is 182 g/mol. The Labute approximate surface area is 75.3 Å². The van der Waals surface area contributed by atoms with Gasteiger partial charge in [-0.3, -0.25) is 4.79 Å². The van der Waals surface area contributed by atoms with Gasteiger partial charge in [0.2, 0.25) is 5.91 Å². The van der Waals surface area contributed by atoms with Crippen molar-refractivity contribution in [1.82, 2.24) is 4.90 Å².